The molecule has 1 rings (SSSR count). The van der Waals surface area contributed by atoms with E-state index in [9.17, 15) is 4.79 Å². The summed E-state index contributed by atoms with van der Waals surface area (Å²) in [6.07, 6.45) is 0. The van der Waals surface area contributed by atoms with Crippen molar-refractivity contribution in [1.82, 2.24) is 10.2 Å². The van der Waals surface area contributed by atoms with Crippen molar-refractivity contribution in [1.29, 1.82) is 0 Å². The molecular weight excluding hydrogens is 248 g/mol. The van der Waals surface area contributed by atoms with E-state index < -0.39 is 0 Å². The first-order valence-electron chi connectivity index (χ1n) is 4.65. The Bertz CT molecular complexity index is 345. The van der Waals surface area contributed by atoms with Gasteiger partial charge in [-0.05, 0) is 6.92 Å². The number of carbonyl (C=O) groups excluding carboxylic acids is 1. The second kappa shape index (κ2) is 6.66. The topological polar surface area (TPSA) is 90.1 Å². The van der Waals surface area contributed by atoms with Gasteiger partial charge >= 0.3 is 0 Å². The number of amides is 1. The molecule has 6 nitrogen and oxygen atoms in total. The highest BCUT2D eigenvalue weighted by Gasteiger charge is 2.13. The highest BCUT2D eigenvalue weighted by molar-refractivity contribution is 8.02. The van der Waals surface area contributed by atoms with Crippen LogP contribution in [0.1, 0.15) is 6.92 Å². The van der Waals surface area contributed by atoms with E-state index in [1.807, 2.05) is 0 Å². The van der Waals surface area contributed by atoms with Crippen LogP contribution in [0.25, 0.3) is 0 Å². The van der Waals surface area contributed by atoms with Crippen LogP contribution in [0.5, 0.6) is 0 Å². The fourth-order valence-electron chi connectivity index (χ4n) is 0.798. The Morgan fingerprint density at radius 1 is 1.69 bits per heavy atom. The van der Waals surface area contributed by atoms with Gasteiger partial charge in [-0.3, -0.25) is 4.79 Å². The summed E-state index contributed by atoms with van der Waals surface area (Å²) in [6.45, 7) is 3.04. The van der Waals surface area contributed by atoms with Crippen molar-refractivity contribution in [3.8, 4) is 0 Å². The van der Waals surface area contributed by atoms with Gasteiger partial charge in [-0.25, -0.2) is 0 Å². The average Bonchev–Trinajstić information content (AvgIpc) is 2.66. The zero-order valence-corrected chi connectivity index (χ0v) is 10.7. The van der Waals surface area contributed by atoms with Crippen molar-refractivity contribution < 1.29 is 9.53 Å². The molecule has 8 heteroatoms. The number of thioether (sulfide) groups is 1. The number of nitrogens with two attached hydrogens (primary N) is 1. The molecule has 0 unspecified atom stereocenters. The maximum Gasteiger partial charge on any atom is 0.230 e. The van der Waals surface area contributed by atoms with Crippen LogP contribution in [0.4, 0.5) is 5.13 Å². The van der Waals surface area contributed by atoms with Crippen LogP contribution >= 0.6 is 23.1 Å². The Labute approximate surface area is 102 Å². The third kappa shape index (κ3) is 4.33. The van der Waals surface area contributed by atoms with Crippen molar-refractivity contribution in [3.05, 3.63) is 0 Å². The Kier molecular flexibility index (Phi) is 5.50. The van der Waals surface area contributed by atoms with E-state index in [4.69, 9.17) is 10.5 Å². The highest BCUT2D eigenvalue weighted by atomic mass is 32.2. The second-order valence-electron chi connectivity index (χ2n) is 2.96. The van der Waals surface area contributed by atoms with Gasteiger partial charge in [0.05, 0.1) is 11.9 Å². The molecule has 1 atom stereocenters. The molecule has 1 aromatic heterocycles. The molecule has 1 heterocycles. The number of aromatic nitrogens is 2. The van der Waals surface area contributed by atoms with E-state index in [1.165, 1.54) is 23.1 Å². The number of ether oxygens (including phenoxy) is 1. The van der Waals surface area contributed by atoms with Gasteiger partial charge in [-0.2, -0.15) is 0 Å². The Morgan fingerprint density at radius 2 is 2.44 bits per heavy atom. The first-order valence-corrected chi connectivity index (χ1v) is 6.35. The van der Waals surface area contributed by atoms with Gasteiger partial charge in [0.15, 0.2) is 4.34 Å². The second-order valence-corrected chi connectivity index (χ2v) is 5.52. The maximum atomic E-state index is 10.8. The number of carbonyl (C=O) groups is 1. The van der Waals surface area contributed by atoms with Crippen LogP contribution in [0.3, 0.4) is 0 Å². The average molecular weight is 262 g/mol. The molecule has 1 aromatic rings. The lowest BCUT2D eigenvalue weighted by atomic mass is 10.5. The molecule has 0 fully saturated rings. The van der Waals surface area contributed by atoms with E-state index in [1.54, 1.807) is 14.0 Å². The van der Waals surface area contributed by atoms with E-state index in [2.05, 4.69) is 15.5 Å². The summed E-state index contributed by atoms with van der Waals surface area (Å²) in [5.74, 6) is -0.353. The fourth-order valence-corrected chi connectivity index (χ4v) is 2.67. The molecule has 1 amide bonds. The summed E-state index contributed by atoms with van der Waals surface area (Å²) in [7, 11) is 1.64. The quantitative estimate of drug-likeness (QED) is 0.551. The zero-order chi connectivity index (χ0) is 12.0. The molecule has 0 aromatic carbocycles. The largest absolute Gasteiger partial charge is 0.383 e. The van der Waals surface area contributed by atoms with Crippen LogP contribution in [0.2, 0.25) is 0 Å². The van der Waals surface area contributed by atoms with Gasteiger partial charge in [0.2, 0.25) is 11.0 Å². The molecule has 0 aliphatic carbocycles. The SMILES string of the molecule is COCCNc1nnc(S[C@@H](C)C(N)=O)s1. The van der Waals surface area contributed by atoms with Crippen molar-refractivity contribution in [2.45, 2.75) is 16.5 Å². The number of rotatable bonds is 7. The molecule has 0 saturated carbocycles. The fraction of sp³-hybridized carbons (Fsp3) is 0.625. The minimum absolute atomic E-state index is 0.292. The Hall–Kier alpha value is -0.860. The van der Waals surface area contributed by atoms with Crippen LogP contribution in [0, 0.1) is 0 Å². The van der Waals surface area contributed by atoms with Gasteiger partial charge in [0.1, 0.15) is 0 Å². The van der Waals surface area contributed by atoms with Crippen LogP contribution in [-0.2, 0) is 9.53 Å². The van der Waals surface area contributed by atoms with Crippen molar-refractivity contribution in [2.75, 3.05) is 25.6 Å². The third-order valence-corrected chi connectivity index (χ3v) is 3.75. The van der Waals surface area contributed by atoms with Crippen LogP contribution < -0.4 is 11.1 Å². The molecule has 0 saturated heterocycles. The maximum absolute atomic E-state index is 10.8. The molecule has 3 N–H and O–H groups in total. The zero-order valence-electron chi connectivity index (χ0n) is 9.10. The van der Waals surface area contributed by atoms with Crippen molar-refractivity contribution in [3.63, 3.8) is 0 Å². The number of methoxy groups -OCH3 is 1. The molecule has 16 heavy (non-hydrogen) atoms. The molecule has 0 spiro atoms. The molecule has 90 valence electrons. The first-order chi connectivity index (χ1) is 7.63. The number of nitrogens with one attached hydrogen (secondary N) is 1. The van der Waals surface area contributed by atoms with Crippen molar-refractivity contribution >= 4 is 34.1 Å². The van der Waals surface area contributed by atoms with Crippen LogP contribution in [0.15, 0.2) is 4.34 Å². The number of hydrogen-bond acceptors (Lipinski definition) is 7. The molecule has 0 bridgehead atoms. The van der Waals surface area contributed by atoms with Crippen molar-refractivity contribution in [2.24, 2.45) is 5.73 Å². The predicted octanol–water partition coefficient (Wildman–Crippen LogP) is 0.562. The Morgan fingerprint density at radius 3 is 3.06 bits per heavy atom. The summed E-state index contributed by atoms with van der Waals surface area (Å²) in [4.78, 5) is 10.8. The minimum atomic E-state index is -0.353. The third-order valence-electron chi connectivity index (χ3n) is 1.67. The number of nitrogens with zero attached hydrogens (tertiary/aromatic N) is 2. The highest BCUT2D eigenvalue weighted by Crippen LogP contribution is 2.28. The lowest BCUT2D eigenvalue weighted by molar-refractivity contribution is -0.117. The van der Waals surface area contributed by atoms with Gasteiger partial charge < -0.3 is 15.8 Å². The summed E-state index contributed by atoms with van der Waals surface area (Å²) in [5, 5.41) is 11.4. The Balaban J connectivity index is 2.42. The molecule has 0 aliphatic heterocycles. The standard InChI is InChI=1S/C8H14N4O2S2/c1-5(6(9)13)15-8-12-11-7(16-8)10-3-4-14-2/h5H,3-4H2,1-2H3,(H2,9,13)(H,10,11)/t5-/m0/s1. The van der Waals surface area contributed by atoms with Crippen LogP contribution in [-0.4, -0.2) is 41.6 Å². The number of primary amides is 1. The lowest BCUT2D eigenvalue weighted by Gasteiger charge is -2.01. The lowest BCUT2D eigenvalue weighted by Crippen LogP contribution is -2.22. The monoisotopic (exact) mass is 262 g/mol. The first kappa shape index (κ1) is 13.2. The molecular formula is C8H14N4O2S2. The minimum Gasteiger partial charge on any atom is -0.383 e. The summed E-state index contributed by atoms with van der Waals surface area (Å²) >= 11 is 2.71. The van der Waals surface area contributed by atoms with E-state index in [-0.39, 0.29) is 11.2 Å². The molecule has 0 aliphatic rings. The summed E-state index contributed by atoms with van der Waals surface area (Å²) in [5.41, 5.74) is 5.15. The van der Waals surface area contributed by atoms with E-state index in [0.717, 1.165) is 9.47 Å². The smallest absolute Gasteiger partial charge is 0.230 e. The van der Waals surface area contributed by atoms with Gasteiger partial charge in [0, 0.05) is 13.7 Å². The number of hydrogen-bond donors (Lipinski definition) is 2. The number of anilines is 1. The van der Waals surface area contributed by atoms with Gasteiger partial charge in [-0.15, -0.1) is 10.2 Å². The van der Waals surface area contributed by atoms with E-state index in [0.29, 0.717) is 13.2 Å². The normalized spacial score (nSPS) is 12.4. The molecule has 0 radical (unpaired) electrons. The summed E-state index contributed by atoms with van der Waals surface area (Å²) < 4.78 is 5.62. The predicted molar refractivity (Wildman–Crippen MR) is 64.8 cm³/mol. The van der Waals surface area contributed by atoms with Gasteiger partial charge in [-0.1, -0.05) is 23.1 Å². The van der Waals surface area contributed by atoms with Gasteiger partial charge in [0.25, 0.3) is 0 Å². The summed E-state index contributed by atoms with van der Waals surface area (Å²) in [6, 6.07) is 0. The van der Waals surface area contributed by atoms with E-state index >= 15 is 0 Å².